The molecule has 0 rings (SSSR count). The zero-order chi connectivity index (χ0) is 9.40. The highest BCUT2D eigenvalue weighted by Crippen LogP contribution is 1.95. The maximum Gasteiger partial charge on any atom is 0.333 e. The molecule has 0 aromatic heterocycles. The van der Waals surface area contributed by atoms with Crippen molar-refractivity contribution in [3.63, 3.8) is 0 Å². The lowest BCUT2D eigenvalue weighted by Gasteiger charge is -1.94. The molecule has 0 fully saturated rings. The van der Waals surface area contributed by atoms with Crippen LogP contribution in [0, 0.1) is 0 Å². The zero-order valence-corrected chi connectivity index (χ0v) is 6.94. The molecule has 0 N–H and O–H groups in total. The number of ether oxygens (including phenoxy) is 2. The molecule has 0 saturated carbocycles. The summed E-state index contributed by atoms with van der Waals surface area (Å²) in [6.45, 7) is 1.88. The minimum absolute atomic E-state index is 0.289. The van der Waals surface area contributed by atoms with Crippen LogP contribution in [0.1, 0.15) is 6.92 Å². The lowest BCUT2D eigenvalue weighted by atomic mass is 10.3. The molecule has 0 spiro atoms. The third-order valence-corrected chi connectivity index (χ3v) is 1.07. The Morgan fingerprint density at radius 3 is 2.58 bits per heavy atom. The average Bonchev–Trinajstić information content (AvgIpc) is 2.10. The first-order valence-electron chi connectivity index (χ1n) is 3.23. The van der Waals surface area contributed by atoms with Gasteiger partial charge in [-0.1, -0.05) is 0 Å². The molecular formula is C8H10O4. The molecular weight excluding hydrogens is 160 g/mol. The molecule has 0 unspecified atom stereocenters. The largest absolute Gasteiger partial charge is 0.466 e. The molecule has 0 aromatic carbocycles. The van der Waals surface area contributed by atoms with Crippen LogP contribution >= 0.6 is 0 Å². The van der Waals surface area contributed by atoms with Gasteiger partial charge >= 0.3 is 5.97 Å². The number of hydrogen-bond donors (Lipinski definition) is 0. The van der Waals surface area contributed by atoms with E-state index in [2.05, 4.69) is 9.47 Å². The number of allylic oxidation sites excluding steroid dienone is 2. The maximum atomic E-state index is 10.7. The Morgan fingerprint density at radius 2 is 2.08 bits per heavy atom. The number of methoxy groups -OCH3 is 1. The molecule has 12 heavy (non-hydrogen) atoms. The van der Waals surface area contributed by atoms with Crippen molar-refractivity contribution < 1.29 is 19.1 Å². The average molecular weight is 170 g/mol. The van der Waals surface area contributed by atoms with Gasteiger partial charge in [-0.3, -0.25) is 4.79 Å². The van der Waals surface area contributed by atoms with Gasteiger partial charge in [0.2, 0.25) is 0 Å². The van der Waals surface area contributed by atoms with E-state index in [0.717, 1.165) is 0 Å². The van der Waals surface area contributed by atoms with Crippen LogP contribution < -0.4 is 0 Å². The second kappa shape index (κ2) is 6.15. The van der Waals surface area contributed by atoms with E-state index in [1.165, 1.54) is 25.5 Å². The van der Waals surface area contributed by atoms with Gasteiger partial charge in [0, 0.05) is 5.57 Å². The Kier molecular flexibility index (Phi) is 5.34. The first-order valence-corrected chi connectivity index (χ1v) is 3.23. The van der Waals surface area contributed by atoms with Crippen LogP contribution in [0.5, 0.6) is 0 Å². The highest BCUT2D eigenvalue weighted by molar-refractivity contribution is 5.87. The Hall–Kier alpha value is -1.58. The van der Waals surface area contributed by atoms with E-state index < -0.39 is 5.97 Å². The molecule has 0 atom stereocenters. The summed E-state index contributed by atoms with van der Waals surface area (Å²) >= 11 is 0. The van der Waals surface area contributed by atoms with Crippen LogP contribution in [0.4, 0.5) is 0 Å². The summed E-state index contributed by atoms with van der Waals surface area (Å²) in [5.74, 6) is -0.411. The first-order chi connectivity index (χ1) is 5.72. The molecule has 0 aliphatic rings. The van der Waals surface area contributed by atoms with E-state index in [-0.39, 0.29) is 6.47 Å². The molecule has 4 heteroatoms. The van der Waals surface area contributed by atoms with Gasteiger partial charge < -0.3 is 9.47 Å². The van der Waals surface area contributed by atoms with Crippen LogP contribution in [0.15, 0.2) is 24.0 Å². The summed E-state index contributed by atoms with van der Waals surface area (Å²) in [5, 5.41) is 0. The highest BCUT2D eigenvalue weighted by atomic mass is 16.5. The lowest BCUT2D eigenvalue weighted by molar-refractivity contribution is -0.136. The molecule has 0 bridgehead atoms. The molecule has 0 aliphatic heterocycles. The Bertz CT molecular complexity index is 215. The number of carbonyl (C=O) groups is 2. The maximum absolute atomic E-state index is 10.7. The van der Waals surface area contributed by atoms with Gasteiger partial charge in [0.25, 0.3) is 6.47 Å². The second-order valence-electron chi connectivity index (χ2n) is 1.90. The van der Waals surface area contributed by atoms with Gasteiger partial charge in [0.15, 0.2) is 0 Å². The standard InChI is InChI=1S/C8H10O4/c1-7(8(10)11-2)4-3-5-12-6-9/h3-6H,1-2H3/b5-3-,7-4+. The Morgan fingerprint density at radius 1 is 1.42 bits per heavy atom. The molecule has 0 saturated heterocycles. The van der Waals surface area contributed by atoms with Crippen molar-refractivity contribution in [2.75, 3.05) is 7.11 Å². The number of rotatable bonds is 4. The fraction of sp³-hybridized carbons (Fsp3) is 0.250. The highest BCUT2D eigenvalue weighted by Gasteiger charge is 1.99. The summed E-state index contributed by atoms with van der Waals surface area (Å²) in [5.41, 5.74) is 0.434. The molecule has 0 aliphatic carbocycles. The van der Waals surface area contributed by atoms with Crippen LogP contribution in [-0.4, -0.2) is 19.6 Å². The number of hydrogen-bond acceptors (Lipinski definition) is 4. The van der Waals surface area contributed by atoms with Crippen LogP contribution in [0.25, 0.3) is 0 Å². The third-order valence-electron chi connectivity index (χ3n) is 1.07. The van der Waals surface area contributed by atoms with Crippen molar-refractivity contribution in [1.82, 2.24) is 0 Å². The molecule has 0 amide bonds. The summed E-state index contributed by atoms with van der Waals surface area (Å²) in [4.78, 5) is 20.4. The first kappa shape index (κ1) is 10.4. The van der Waals surface area contributed by atoms with Gasteiger partial charge in [-0.15, -0.1) is 0 Å². The smallest absolute Gasteiger partial charge is 0.333 e. The van der Waals surface area contributed by atoms with Crippen LogP contribution in [0.2, 0.25) is 0 Å². The van der Waals surface area contributed by atoms with E-state index in [1.807, 2.05) is 0 Å². The van der Waals surface area contributed by atoms with Crippen molar-refractivity contribution in [2.45, 2.75) is 6.92 Å². The predicted molar refractivity (Wildman–Crippen MR) is 42.1 cm³/mol. The monoisotopic (exact) mass is 170 g/mol. The third kappa shape index (κ3) is 4.27. The van der Waals surface area contributed by atoms with E-state index in [1.54, 1.807) is 6.92 Å². The van der Waals surface area contributed by atoms with Crippen molar-refractivity contribution >= 4 is 12.4 Å². The summed E-state index contributed by atoms with van der Waals surface area (Å²) in [7, 11) is 1.30. The molecule has 0 aromatic rings. The molecule has 0 radical (unpaired) electrons. The molecule has 0 heterocycles. The normalized spacial score (nSPS) is 11.3. The zero-order valence-electron chi connectivity index (χ0n) is 6.94. The SMILES string of the molecule is COC(=O)/C(C)=C/C=C\OC=O. The van der Waals surface area contributed by atoms with Crippen molar-refractivity contribution in [2.24, 2.45) is 0 Å². The topological polar surface area (TPSA) is 52.6 Å². The number of carbonyl (C=O) groups excluding carboxylic acids is 2. The quantitative estimate of drug-likeness (QED) is 0.206. The van der Waals surface area contributed by atoms with E-state index in [9.17, 15) is 9.59 Å². The summed E-state index contributed by atoms with van der Waals surface area (Å²) < 4.78 is 8.66. The van der Waals surface area contributed by atoms with Gasteiger partial charge in [-0.25, -0.2) is 4.79 Å². The summed E-state index contributed by atoms with van der Waals surface area (Å²) in [6.07, 6.45) is 4.08. The Balaban J connectivity index is 3.99. The van der Waals surface area contributed by atoms with E-state index in [4.69, 9.17) is 0 Å². The minimum Gasteiger partial charge on any atom is -0.466 e. The van der Waals surface area contributed by atoms with Crippen molar-refractivity contribution in [3.05, 3.63) is 24.0 Å². The van der Waals surface area contributed by atoms with Gasteiger partial charge in [0.05, 0.1) is 13.4 Å². The second-order valence-corrected chi connectivity index (χ2v) is 1.90. The van der Waals surface area contributed by atoms with Gasteiger partial charge in [-0.2, -0.15) is 0 Å². The fourth-order valence-corrected chi connectivity index (χ4v) is 0.490. The molecule has 4 nitrogen and oxygen atoms in total. The van der Waals surface area contributed by atoms with Crippen molar-refractivity contribution in [3.8, 4) is 0 Å². The van der Waals surface area contributed by atoms with E-state index in [0.29, 0.717) is 5.57 Å². The van der Waals surface area contributed by atoms with Crippen molar-refractivity contribution in [1.29, 1.82) is 0 Å². The number of esters is 1. The molecule has 66 valence electrons. The van der Waals surface area contributed by atoms with Crippen LogP contribution in [-0.2, 0) is 19.1 Å². The lowest BCUT2D eigenvalue weighted by Crippen LogP contribution is -2.00. The predicted octanol–water partition coefficient (Wildman–Crippen LogP) is 0.792. The van der Waals surface area contributed by atoms with Gasteiger partial charge in [-0.05, 0) is 19.1 Å². The van der Waals surface area contributed by atoms with Crippen LogP contribution in [0.3, 0.4) is 0 Å². The van der Waals surface area contributed by atoms with Gasteiger partial charge in [0.1, 0.15) is 0 Å². The fourth-order valence-electron chi connectivity index (χ4n) is 0.490. The minimum atomic E-state index is -0.411. The summed E-state index contributed by atoms with van der Waals surface area (Å²) in [6, 6.07) is 0. The van der Waals surface area contributed by atoms with E-state index >= 15 is 0 Å². The Labute approximate surface area is 70.5 Å².